The van der Waals surface area contributed by atoms with Crippen LogP contribution in [0.3, 0.4) is 0 Å². The third-order valence-electron chi connectivity index (χ3n) is 3.29. The van der Waals surface area contributed by atoms with Gasteiger partial charge in [-0.15, -0.1) is 0 Å². The van der Waals surface area contributed by atoms with Crippen molar-refractivity contribution in [3.63, 3.8) is 0 Å². The molecule has 1 aliphatic carbocycles. The number of thioether (sulfide) groups is 1. The number of hydrogen-bond donors (Lipinski definition) is 0. The third-order valence-corrected chi connectivity index (χ3v) is 5.94. The maximum Gasteiger partial charge on any atom is 0.147 e. The van der Waals surface area contributed by atoms with E-state index in [4.69, 9.17) is 16.6 Å². The van der Waals surface area contributed by atoms with E-state index in [9.17, 15) is 0 Å². The van der Waals surface area contributed by atoms with Crippen LogP contribution in [0.4, 0.5) is 0 Å². The number of nitrogens with zero attached hydrogens (tertiary/aromatic N) is 2. The van der Waals surface area contributed by atoms with Crippen molar-refractivity contribution < 1.29 is 0 Å². The Morgan fingerprint density at radius 1 is 1.18 bits per heavy atom. The maximum atomic E-state index is 6.20. The Bertz CT molecular complexity index is 431. The largest absolute Gasteiger partial charge is 0.235 e. The number of hydrogen-bond acceptors (Lipinski definition) is 3. The van der Waals surface area contributed by atoms with E-state index < -0.39 is 0 Å². The molecule has 1 unspecified atom stereocenters. The van der Waals surface area contributed by atoms with Crippen molar-refractivity contribution in [2.75, 3.05) is 5.75 Å². The summed E-state index contributed by atoms with van der Waals surface area (Å²) in [6.07, 6.45) is 6.27. The fourth-order valence-electron chi connectivity index (χ4n) is 2.17. The minimum absolute atomic E-state index is 0.451. The second kappa shape index (κ2) is 5.06. The molecule has 0 N–H and O–H groups in total. The van der Waals surface area contributed by atoms with Crippen molar-refractivity contribution in [1.82, 2.24) is 9.97 Å². The molecule has 2 heterocycles. The zero-order valence-electron chi connectivity index (χ0n) is 9.46. The van der Waals surface area contributed by atoms with E-state index in [1.54, 1.807) is 0 Å². The Labute approximate surface area is 119 Å². The molecule has 1 atom stereocenters. The fraction of sp³-hybridized carbons (Fsp3) is 0.667. The summed E-state index contributed by atoms with van der Waals surface area (Å²) in [5, 5.41) is 1.04. The summed E-state index contributed by atoms with van der Waals surface area (Å²) in [4.78, 5) is 9.21. The van der Waals surface area contributed by atoms with Crippen LogP contribution >= 0.6 is 39.3 Å². The van der Waals surface area contributed by atoms with Crippen LogP contribution < -0.4 is 0 Å². The van der Waals surface area contributed by atoms with Crippen molar-refractivity contribution in [1.29, 1.82) is 0 Å². The highest BCUT2D eigenvalue weighted by molar-refractivity contribution is 9.10. The van der Waals surface area contributed by atoms with Gasteiger partial charge in [-0.1, -0.05) is 18.0 Å². The topological polar surface area (TPSA) is 25.8 Å². The second-order valence-corrected chi connectivity index (χ2v) is 7.16. The monoisotopic (exact) mass is 332 g/mol. The quantitative estimate of drug-likeness (QED) is 0.732. The van der Waals surface area contributed by atoms with E-state index in [1.807, 2.05) is 11.8 Å². The van der Waals surface area contributed by atoms with Crippen LogP contribution in [-0.2, 0) is 0 Å². The molecule has 17 heavy (non-hydrogen) atoms. The first-order valence-electron chi connectivity index (χ1n) is 6.10. The highest BCUT2D eigenvalue weighted by atomic mass is 79.9. The zero-order chi connectivity index (χ0) is 11.8. The molecule has 1 aromatic rings. The minimum atomic E-state index is 0.451. The highest BCUT2D eigenvalue weighted by Gasteiger charge is 2.30. The van der Waals surface area contributed by atoms with Crippen molar-refractivity contribution in [3.8, 4) is 0 Å². The van der Waals surface area contributed by atoms with Crippen molar-refractivity contribution in [3.05, 3.63) is 21.1 Å². The second-order valence-electron chi connectivity index (χ2n) is 4.70. The SMILES string of the molecule is Clc1nc(C2CCCCS2)nc(C2CC2)c1Br. The molecule has 0 radical (unpaired) electrons. The fourth-order valence-corrected chi connectivity index (χ4v) is 4.10. The molecule has 2 aliphatic rings. The lowest BCUT2D eigenvalue weighted by Gasteiger charge is -2.20. The van der Waals surface area contributed by atoms with Crippen LogP contribution in [0, 0.1) is 0 Å². The van der Waals surface area contributed by atoms with Gasteiger partial charge >= 0.3 is 0 Å². The molecule has 1 saturated heterocycles. The van der Waals surface area contributed by atoms with Crippen LogP contribution in [0.1, 0.15) is 54.8 Å². The van der Waals surface area contributed by atoms with Gasteiger partial charge in [-0.2, -0.15) is 11.8 Å². The van der Waals surface area contributed by atoms with Crippen molar-refractivity contribution in [2.24, 2.45) is 0 Å². The summed E-state index contributed by atoms with van der Waals surface area (Å²) < 4.78 is 0.909. The van der Waals surface area contributed by atoms with Crippen molar-refractivity contribution in [2.45, 2.75) is 43.3 Å². The summed E-state index contributed by atoms with van der Waals surface area (Å²) in [7, 11) is 0. The van der Waals surface area contributed by atoms with Crippen LogP contribution in [0.2, 0.25) is 5.15 Å². The standard InChI is InChI=1S/C12H14BrClN2S/c13-9-10(7-4-5-7)15-12(16-11(9)14)8-3-1-2-6-17-8/h7-8H,1-6H2. The molecule has 0 aromatic carbocycles. The lowest BCUT2D eigenvalue weighted by atomic mass is 10.1. The molecule has 5 heteroatoms. The molecule has 1 aromatic heterocycles. The zero-order valence-corrected chi connectivity index (χ0v) is 12.6. The van der Waals surface area contributed by atoms with Crippen LogP contribution in [0.5, 0.6) is 0 Å². The highest BCUT2D eigenvalue weighted by Crippen LogP contribution is 2.45. The van der Waals surface area contributed by atoms with Gasteiger partial charge in [0.05, 0.1) is 15.4 Å². The van der Waals surface area contributed by atoms with Crippen LogP contribution in [-0.4, -0.2) is 15.7 Å². The van der Waals surface area contributed by atoms with Gasteiger partial charge in [0.1, 0.15) is 11.0 Å². The molecule has 1 aliphatic heterocycles. The molecule has 3 rings (SSSR count). The van der Waals surface area contributed by atoms with E-state index >= 15 is 0 Å². The first kappa shape index (κ1) is 12.2. The number of rotatable bonds is 2. The predicted molar refractivity (Wildman–Crippen MR) is 75.8 cm³/mol. The average Bonchev–Trinajstić information content (AvgIpc) is 3.18. The molecule has 2 nitrogen and oxygen atoms in total. The summed E-state index contributed by atoms with van der Waals surface area (Å²) in [6.45, 7) is 0. The molecule has 92 valence electrons. The summed E-state index contributed by atoms with van der Waals surface area (Å²) in [5.41, 5.74) is 1.13. The number of aromatic nitrogens is 2. The lowest BCUT2D eigenvalue weighted by Crippen LogP contribution is -2.09. The predicted octanol–water partition coefficient (Wildman–Crippen LogP) is 4.73. The van der Waals surface area contributed by atoms with Gasteiger partial charge in [0.2, 0.25) is 0 Å². The first-order chi connectivity index (χ1) is 8.25. The van der Waals surface area contributed by atoms with E-state index in [1.165, 1.54) is 37.9 Å². The van der Waals surface area contributed by atoms with Gasteiger partial charge in [-0.05, 0) is 47.4 Å². The van der Waals surface area contributed by atoms with E-state index in [2.05, 4.69) is 20.9 Å². The Hall–Kier alpha value is 0.200. The van der Waals surface area contributed by atoms with Gasteiger partial charge in [0, 0.05) is 5.92 Å². The van der Waals surface area contributed by atoms with Gasteiger partial charge in [0.15, 0.2) is 0 Å². The van der Waals surface area contributed by atoms with E-state index in [-0.39, 0.29) is 0 Å². The molecule has 0 amide bonds. The molecular formula is C12H14BrClN2S. The van der Waals surface area contributed by atoms with Gasteiger partial charge in [0.25, 0.3) is 0 Å². The summed E-state index contributed by atoms with van der Waals surface area (Å²) in [5.74, 6) is 2.78. The Balaban J connectivity index is 1.93. The molecular weight excluding hydrogens is 320 g/mol. The normalized spacial score (nSPS) is 24.9. The van der Waals surface area contributed by atoms with E-state index in [0.29, 0.717) is 16.3 Å². The molecule has 1 saturated carbocycles. The van der Waals surface area contributed by atoms with E-state index in [0.717, 1.165) is 16.0 Å². The van der Waals surface area contributed by atoms with Gasteiger partial charge in [-0.25, -0.2) is 9.97 Å². The Kier molecular flexibility index (Phi) is 3.64. The summed E-state index contributed by atoms with van der Waals surface area (Å²) >= 11 is 11.7. The maximum absolute atomic E-state index is 6.20. The Morgan fingerprint density at radius 3 is 2.65 bits per heavy atom. The Morgan fingerprint density at radius 2 is 2.00 bits per heavy atom. The summed E-state index contributed by atoms with van der Waals surface area (Å²) in [6, 6.07) is 0. The van der Waals surface area contributed by atoms with Crippen LogP contribution in [0.15, 0.2) is 4.47 Å². The lowest BCUT2D eigenvalue weighted by molar-refractivity contribution is 0.657. The average molecular weight is 334 g/mol. The minimum Gasteiger partial charge on any atom is -0.235 e. The molecule has 2 fully saturated rings. The first-order valence-corrected chi connectivity index (χ1v) is 8.32. The molecule has 0 bridgehead atoms. The van der Waals surface area contributed by atoms with Crippen molar-refractivity contribution >= 4 is 39.3 Å². The van der Waals surface area contributed by atoms with Crippen LogP contribution in [0.25, 0.3) is 0 Å². The smallest absolute Gasteiger partial charge is 0.147 e. The van der Waals surface area contributed by atoms with Gasteiger partial charge in [-0.3, -0.25) is 0 Å². The number of halogens is 2. The molecule has 0 spiro atoms. The third kappa shape index (κ3) is 2.64. The van der Waals surface area contributed by atoms with Gasteiger partial charge < -0.3 is 0 Å².